The van der Waals surface area contributed by atoms with Crippen LogP contribution in [0.1, 0.15) is 46.5 Å². The lowest BCUT2D eigenvalue weighted by Crippen LogP contribution is -2.32. The molecule has 3 nitrogen and oxygen atoms in total. The molecule has 3 rings (SSSR count). The molecule has 3 aromatic rings. The number of nitrogens with one attached hydrogen (secondary N) is 2. The van der Waals surface area contributed by atoms with Gasteiger partial charge in [-0.05, 0) is 54.0 Å². The minimum Gasteiger partial charge on any atom is -0.324 e. The first-order chi connectivity index (χ1) is 13.6. The van der Waals surface area contributed by atoms with Crippen LogP contribution in [0.25, 0.3) is 0 Å². The van der Waals surface area contributed by atoms with Crippen LogP contribution in [0, 0.1) is 13.8 Å². The van der Waals surface area contributed by atoms with Crippen LogP contribution in [-0.4, -0.2) is 12.5 Å². The van der Waals surface area contributed by atoms with Crippen LogP contribution < -0.4 is 10.6 Å². The zero-order chi connectivity index (χ0) is 19.9. The minimum absolute atomic E-state index is 0.0133. The van der Waals surface area contributed by atoms with Gasteiger partial charge in [-0.25, -0.2) is 0 Å². The second-order valence-electron chi connectivity index (χ2n) is 7.14. The monoisotopic (exact) mass is 392 g/mol. The summed E-state index contributed by atoms with van der Waals surface area (Å²) in [6.45, 7) is 6.48. The Morgan fingerprint density at radius 3 is 2.32 bits per heavy atom. The van der Waals surface area contributed by atoms with E-state index >= 15 is 0 Å². The van der Waals surface area contributed by atoms with Crippen LogP contribution >= 0.6 is 11.3 Å². The molecule has 0 radical (unpaired) electrons. The van der Waals surface area contributed by atoms with Crippen molar-refractivity contribution in [1.29, 1.82) is 0 Å². The number of rotatable bonds is 8. The van der Waals surface area contributed by atoms with Crippen LogP contribution in [0.5, 0.6) is 0 Å². The summed E-state index contributed by atoms with van der Waals surface area (Å²) >= 11 is 1.71. The zero-order valence-electron chi connectivity index (χ0n) is 16.8. The van der Waals surface area contributed by atoms with Crippen LogP contribution in [0.4, 0.5) is 5.69 Å². The molecule has 0 aliphatic heterocycles. The molecule has 1 atom stereocenters. The van der Waals surface area contributed by atoms with Crippen molar-refractivity contribution in [2.45, 2.75) is 39.7 Å². The summed E-state index contributed by atoms with van der Waals surface area (Å²) < 4.78 is 0. The van der Waals surface area contributed by atoms with Gasteiger partial charge in [0.1, 0.15) is 0 Å². The van der Waals surface area contributed by atoms with E-state index in [9.17, 15) is 4.79 Å². The molecule has 0 fully saturated rings. The van der Waals surface area contributed by atoms with Gasteiger partial charge in [-0.1, -0.05) is 61.9 Å². The third-order valence-corrected chi connectivity index (χ3v) is 5.83. The van der Waals surface area contributed by atoms with E-state index in [1.807, 2.05) is 32.0 Å². The highest BCUT2D eigenvalue weighted by molar-refractivity contribution is 7.10. The number of benzene rings is 2. The smallest absolute Gasteiger partial charge is 0.238 e. The number of amides is 1. The molecule has 146 valence electrons. The van der Waals surface area contributed by atoms with Gasteiger partial charge in [-0.2, -0.15) is 0 Å². The number of para-hydroxylation sites is 1. The molecule has 0 bridgehead atoms. The first-order valence-electron chi connectivity index (χ1n) is 9.80. The Bertz CT molecular complexity index is 881. The average Bonchev–Trinajstić information content (AvgIpc) is 3.21. The summed E-state index contributed by atoms with van der Waals surface area (Å²) in [5, 5.41) is 8.58. The Labute approximate surface area is 171 Å². The number of carbonyl (C=O) groups is 1. The number of anilines is 1. The molecule has 0 saturated heterocycles. The van der Waals surface area contributed by atoms with Gasteiger partial charge in [-0.3, -0.25) is 10.1 Å². The molecule has 2 aromatic carbocycles. The quantitative estimate of drug-likeness (QED) is 0.521. The summed E-state index contributed by atoms with van der Waals surface area (Å²) in [5.41, 5.74) is 5.60. The van der Waals surface area contributed by atoms with E-state index in [2.05, 4.69) is 59.3 Å². The van der Waals surface area contributed by atoms with Crippen molar-refractivity contribution in [2.24, 2.45) is 0 Å². The van der Waals surface area contributed by atoms with Gasteiger partial charge in [0.25, 0.3) is 0 Å². The fourth-order valence-electron chi connectivity index (χ4n) is 3.39. The predicted molar refractivity (Wildman–Crippen MR) is 119 cm³/mol. The molecule has 1 aromatic heterocycles. The highest BCUT2D eigenvalue weighted by Crippen LogP contribution is 2.26. The molecule has 4 heteroatoms. The van der Waals surface area contributed by atoms with Crippen molar-refractivity contribution < 1.29 is 4.79 Å². The Morgan fingerprint density at radius 1 is 1.00 bits per heavy atom. The Balaban J connectivity index is 1.71. The summed E-state index contributed by atoms with van der Waals surface area (Å²) in [5.74, 6) is -0.0263. The van der Waals surface area contributed by atoms with E-state index in [0.717, 1.165) is 29.7 Å². The standard InChI is InChI=1S/C24H28N2OS/c1-4-7-19-11-13-20(14-12-19)24(21-10-6-15-28-21)25-16-22(27)26-23-17(2)8-5-9-18(23)3/h5-6,8-15,24-25H,4,7,16H2,1-3H3,(H,26,27)/t24-/m1/s1. The zero-order valence-corrected chi connectivity index (χ0v) is 17.6. The topological polar surface area (TPSA) is 41.1 Å². The highest BCUT2D eigenvalue weighted by atomic mass is 32.1. The van der Waals surface area contributed by atoms with E-state index in [1.54, 1.807) is 11.3 Å². The van der Waals surface area contributed by atoms with E-state index in [1.165, 1.54) is 16.0 Å². The maximum absolute atomic E-state index is 12.6. The molecule has 28 heavy (non-hydrogen) atoms. The summed E-state index contributed by atoms with van der Waals surface area (Å²) in [7, 11) is 0. The largest absolute Gasteiger partial charge is 0.324 e. The lowest BCUT2D eigenvalue weighted by Gasteiger charge is -2.19. The Kier molecular flexibility index (Phi) is 7.01. The molecule has 0 spiro atoms. The van der Waals surface area contributed by atoms with E-state index < -0.39 is 0 Å². The highest BCUT2D eigenvalue weighted by Gasteiger charge is 2.17. The molecule has 1 heterocycles. The summed E-state index contributed by atoms with van der Waals surface area (Å²) in [6.07, 6.45) is 2.24. The Hall–Kier alpha value is -2.43. The maximum Gasteiger partial charge on any atom is 0.238 e. The van der Waals surface area contributed by atoms with Gasteiger partial charge in [0, 0.05) is 10.6 Å². The molecule has 0 aliphatic rings. The second-order valence-corrected chi connectivity index (χ2v) is 8.12. The van der Waals surface area contributed by atoms with Gasteiger partial charge in [0.15, 0.2) is 0 Å². The van der Waals surface area contributed by atoms with E-state index in [-0.39, 0.29) is 18.5 Å². The summed E-state index contributed by atoms with van der Waals surface area (Å²) in [6, 6.07) is 19.0. The SMILES string of the molecule is CCCc1ccc([C@@H](NCC(=O)Nc2c(C)cccc2C)c2cccs2)cc1. The van der Waals surface area contributed by atoms with E-state index in [4.69, 9.17) is 0 Å². The van der Waals surface area contributed by atoms with Gasteiger partial charge in [0.05, 0.1) is 12.6 Å². The van der Waals surface area contributed by atoms with Crippen LogP contribution in [0.2, 0.25) is 0 Å². The van der Waals surface area contributed by atoms with Crippen molar-refractivity contribution >= 4 is 22.9 Å². The fourth-order valence-corrected chi connectivity index (χ4v) is 4.22. The van der Waals surface area contributed by atoms with Gasteiger partial charge >= 0.3 is 0 Å². The average molecular weight is 393 g/mol. The van der Waals surface area contributed by atoms with Crippen molar-refractivity contribution in [3.8, 4) is 0 Å². The van der Waals surface area contributed by atoms with Crippen molar-refractivity contribution in [3.05, 3.63) is 87.1 Å². The maximum atomic E-state index is 12.6. The number of hydrogen-bond acceptors (Lipinski definition) is 3. The molecule has 0 aliphatic carbocycles. The third kappa shape index (κ3) is 5.09. The molecular formula is C24H28N2OS. The number of carbonyl (C=O) groups excluding carboxylic acids is 1. The number of thiophene rings is 1. The van der Waals surface area contributed by atoms with E-state index in [0.29, 0.717) is 0 Å². The second kappa shape index (κ2) is 9.67. The van der Waals surface area contributed by atoms with Gasteiger partial charge < -0.3 is 5.32 Å². The first kappa shape index (κ1) is 20.3. The molecule has 2 N–H and O–H groups in total. The van der Waals surface area contributed by atoms with Gasteiger partial charge in [-0.15, -0.1) is 11.3 Å². The minimum atomic E-state index is -0.0263. The number of aryl methyl sites for hydroxylation is 3. The molecule has 1 amide bonds. The Morgan fingerprint density at radius 2 is 1.71 bits per heavy atom. The van der Waals surface area contributed by atoms with Crippen molar-refractivity contribution in [2.75, 3.05) is 11.9 Å². The molecular weight excluding hydrogens is 364 g/mol. The van der Waals surface area contributed by atoms with Gasteiger partial charge in [0.2, 0.25) is 5.91 Å². The molecule has 0 saturated carbocycles. The third-order valence-electron chi connectivity index (χ3n) is 4.89. The van der Waals surface area contributed by atoms with Crippen molar-refractivity contribution in [1.82, 2.24) is 5.32 Å². The predicted octanol–water partition coefficient (Wildman–Crippen LogP) is 5.64. The van der Waals surface area contributed by atoms with Crippen LogP contribution in [-0.2, 0) is 11.2 Å². The van der Waals surface area contributed by atoms with Crippen LogP contribution in [0.3, 0.4) is 0 Å². The number of hydrogen-bond donors (Lipinski definition) is 2. The van der Waals surface area contributed by atoms with Crippen LogP contribution in [0.15, 0.2) is 60.0 Å². The fraction of sp³-hybridized carbons (Fsp3) is 0.292. The summed E-state index contributed by atoms with van der Waals surface area (Å²) in [4.78, 5) is 13.8. The lowest BCUT2D eigenvalue weighted by atomic mass is 10.0. The normalized spacial score (nSPS) is 12.0. The molecule has 0 unspecified atom stereocenters. The van der Waals surface area contributed by atoms with Crippen molar-refractivity contribution in [3.63, 3.8) is 0 Å². The first-order valence-corrected chi connectivity index (χ1v) is 10.7. The lowest BCUT2D eigenvalue weighted by molar-refractivity contribution is -0.115.